The fourth-order valence-corrected chi connectivity index (χ4v) is 2.23. The van der Waals surface area contributed by atoms with Gasteiger partial charge in [-0.15, -0.1) is 0 Å². The molecule has 0 saturated carbocycles. The minimum Gasteiger partial charge on any atom is -0.323 e. The number of benzene rings is 1. The number of nitrogens with two attached hydrogens (primary N) is 1. The van der Waals surface area contributed by atoms with E-state index in [-0.39, 0.29) is 5.69 Å². The highest BCUT2D eigenvalue weighted by Crippen LogP contribution is 2.26. The maximum Gasteiger partial charge on any atom is 0.341 e. The number of anilines is 1. The number of carbonyl (C=O) groups excluding carboxylic acids is 1. The number of hydrogen-bond acceptors (Lipinski definition) is 4. The fraction of sp³-hybridized carbons (Fsp3) is 0.417. The molecule has 0 radical (unpaired) electrons. The number of sulfone groups is 1. The van der Waals surface area contributed by atoms with E-state index in [0.29, 0.717) is 6.42 Å². The molecule has 0 spiro atoms. The second-order valence-corrected chi connectivity index (χ2v) is 6.41. The first-order chi connectivity index (χ1) is 9.13. The lowest BCUT2D eigenvalue weighted by atomic mass is 9.99. The maximum atomic E-state index is 12.6. The smallest absolute Gasteiger partial charge is 0.323 e. The Morgan fingerprint density at radius 2 is 1.95 bits per heavy atom. The number of alkyl halides is 2. The SMILES string of the molecule is CCC(C)(N)C(=O)Nc1ccccc1S(=O)(=O)C(F)F. The molecule has 0 aromatic heterocycles. The highest BCUT2D eigenvalue weighted by Gasteiger charge is 2.31. The van der Waals surface area contributed by atoms with Crippen LogP contribution in [0, 0.1) is 0 Å². The van der Waals surface area contributed by atoms with Crippen molar-refractivity contribution in [2.75, 3.05) is 5.32 Å². The lowest BCUT2D eigenvalue weighted by molar-refractivity contribution is -0.120. The van der Waals surface area contributed by atoms with Crippen molar-refractivity contribution in [3.63, 3.8) is 0 Å². The second-order valence-electron chi connectivity index (χ2n) is 4.53. The summed E-state index contributed by atoms with van der Waals surface area (Å²) in [4.78, 5) is 11.3. The molecule has 1 rings (SSSR count). The van der Waals surface area contributed by atoms with Gasteiger partial charge in [-0.1, -0.05) is 19.1 Å². The van der Waals surface area contributed by atoms with Crippen molar-refractivity contribution < 1.29 is 22.0 Å². The standard InChI is InChI=1S/C12H16F2N2O3S/c1-3-12(2,15)10(17)16-8-6-4-5-7-9(8)20(18,19)11(13)14/h4-7,11H,3,15H2,1-2H3,(H,16,17). The Bertz CT molecular complexity index is 600. The zero-order valence-electron chi connectivity index (χ0n) is 11.1. The molecule has 0 heterocycles. The van der Waals surface area contributed by atoms with Crippen molar-refractivity contribution in [1.82, 2.24) is 0 Å². The van der Waals surface area contributed by atoms with E-state index in [4.69, 9.17) is 5.73 Å². The molecular formula is C12H16F2N2O3S. The average Bonchev–Trinajstić information content (AvgIpc) is 2.38. The number of amides is 1. The molecular weight excluding hydrogens is 290 g/mol. The lowest BCUT2D eigenvalue weighted by Crippen LogP contribution is -2.48. The summed E-state index contributed by atoms with van der Waals surface area (Å²) in [6.07, 6.45) is 0.308. The van der Waals surface area contributed by atoms with Crippen molar-refractivity contribution in [3.8, 4) is 0 Å². The predicted octanol–water partition coefficient (Wildman–Crippen LogP) is 1.75. The number of rotatable bonds is 5. The summed E-state index contributed by atoms with van der Waals surface area (Å²) >= 11 is 0. The fourth-order valence-electron chi connectivity index (χ4n) is 1.34. The van der Waals surface area contributed by atoms with Gasteiger partial charge in [0.15, 0.2) is 0 Å². The van der Waals surface area contributed by atoms with Gasteiger partial charge in [-0.3, -0.25) is 4.79 Å². The molecule has 0 aliphatic rings. The normalized spacial score (nSPS) is 14.9. The van der Waals surface area contributed by atoms with Gasteiger partial charge in [0.1, 0.15) is 0 Å². The first-order valence-electron chi connectivity index (χ1n) is 5.84. The van der Waals surface area contributed by atoms with Crippen LogP contribution in [0.2, 0.25) is 0 Å². The first-order valence-corrected chi connectivity index (χ1v) is 7.39. The van der Waals surface area contributed by atoms with Crippen molar-refractivity contribution >= 4 is 21.4 Å². The van der Waals surface area contributed by atoms with Gasteiger partial charge in [0.25, 0.3) is 0 Å². The third-order valence-corrected chi connectivity index (χ3v) is 4.37. The summed E-state index contributed by atoms with van der Waals surface area (Å²) in [6, 6.07) is 4.97. The number of nitrogens with one attached hydrogen (secondary N) is 1. The lowest BCUT2D eigenvalue weighted by Gasteiger charge is -2.22. The van der Waals surface area contributed by atoms with E-state index in [1.807, 2.05) is 0 Å². The Labute approximate surface area is 116 Å². The van der Waals surface area contributed by atoms with Crippen LogP contribution in [-0.2, 0) is 14.6 Å². The van der Waals surface area contributed by atoms with Gasteiger partial charge >= 0.3 is 5.76 Å². The molecule has 112 valence electrons. The summed E-state index contributed by atoms with van der Waals surface area (Å²) in [5.74, 6) is -4.20. The van der Waals surface area contributed by atoms with Crippen LogP contribution in [0.3, 0.4) is 0 Å². The molecule has 3 N–H and O–H groups in total. The minimum absolute atomic E-state index is 0.206. The largest absolute Gasteiger partial charge is 0.341 e. The molecule has 5 nitrogen and oxygen atoms in total. The Hall–Kier alpha value is -1.54. The number of para-hydroxylation sites is 1. The van der Waals surface area contributed by atoms with Crippen LogP contribution in [0.25, 0.3) is 0 Å². The van der Waals surface area contributed by atoms with Gasteiger partial charge in [-0.05, 0) is 25.5 Å². The molecule has 1 unspecified atom stereocenters. The molecule has 0 saturated heterocycles. The molecule has 1 aromatic carbocycles. The number of carbonyl (C=O) groups is 1. The molecule has 0 bridgehead atoms. The highest BCUT2D eigenvalue weighted by molar-refractivity contribution is 7.91. The van der Waals surface area contributed by atoms with E-state index in [1.165, 1.54) is 25.1 Å². The van der Waals surface area contributed by atoms with E-state index in [0.717, 1.165) is 6.07 Å². The van der Waals surface area contributed by atoms with Gasteiger partial charge < -0.3 is 11.1 Å². The molecule has 1 amide bonds. The van der Waals surface area contributed by atoms with Gasteiger partial charge in [-0.25, -0.2) is 8.42 Å². The van der Waals surface area contributed by atoms with E-state index < -0.39 is 31.9 Å². The Kier molecular flexibility index (Phi) is 4.82. The van der Waals surface area contributed by atoms with E-state index in [1.54, 1.807) is 6.92 Å². The molecule has 0 fully saturated rings. The predicted molar refractivity (Wildman–Crippen MR) is 71.1 cm³/mol. The highest BCUT2D eigenvalue weighted by atomic mass is 32.2. The summed E-state index contributed by atoms with van der Waals surface area (Å²) in [7, 11) is -4.79. The average molecular weight is 306 g/mol. The topological polar surface area (TPSA) is 89.3 Å². The third-order valence-electron chi connectivity index (χ3n) is 2.93. The van der Waals surface area contributed by atoms with Crippen molar-refractivity contribution in [3.05, 3.63) is 24.3 Å². The minimum atomic E-state index is -4.79. The van der Waals surface area contributed by atoms with Crippen LogP contribution < -0.4 is 11.1 Å². The summed E-state index contributed by atoms with van der Waals surface area (Å²) in [5, 5.41) is 2.29. The summed E-state index contributed by atoms with van der Waals surface area (Å²) in [6.45, 7) is 3.15. The second kappa shape index (κ2) is 5.84. The van der Waals surface area contributed by atoms with Crippen LogP contribution in [-0.4, -0.2) is 25.6 Å². The van der Waals surface area contributed by atoms with E-state index >= 15 is 0 Å². The van der Waals surface area contributed by atoms with Crippen LogP contribution in [0.5, 0.6) is 0 Å². The quantitative estimate of drug-likeness (QED) is 0.867. The van der Waals surface area contributed by atoms with Crippen LogP contribution >= 0.6 is 0 Å². The Morgan fingerprint density at radius 3 is 2.45 bits per heavy atom. The molecule has 8 heteroatoms. The van der Waals surface area contributed by atoms with Crippen molar-refractivity contribution in [2.45, 2.75) is 36.5 Å². The van der Waals surface area contributed by atoms with E-state index in [9.17, 15) is 22.0 Å². The zero-order chi connectivity index (χ0) is 15.6. The van der Waals surface area contributed by atoms with Crippen molar-refractivity contribution in [2.24, 2.45) is 5.73 Å². The number of hydrogen-bond donors (Lipinski definition) is 2. The van der Waals surface area contributed by atoms with Crippen LogP contribution in [0.15, 0.2) is 29.2 Å². The van der Waals surface area contributed by atoms with Crippen molar-refractivity contribution in [1.29, 1.82) is 0 Å². The Morgan fingerprint density at radius 1 is 1.40 bits per heavy atom. The van der Waals surface area contributed by atoms with Gasteiger partial charge in [-0.2, -0.15) is 8.78 Å². The van der Waals surface area contributed by atoms with Gasteiger partial charge in [0, 0.05) is 0 Å². The molecule has 1 aromatic rings. The first kappa shape index (κ1) is 16.5. The summed E-state index contributed by atoms with van der Waals surface area (Å²) < 4.78 is 48.2. The zero-order valence-corrected chi connectivity index (χ0v) is 11.9. The monoisotopic (exact) mass is 306 g/mol. The van der Waals surface area contributed by atoms with Gasteiger partial charge in [0.05, 0.1) is 16.1 Å². The molecule has 0 aliphatic carbocycles. The third kappa shape index (κ3) is 3.31. The number of halogens is 2. The van der Waals surface area contributed by atoms with E-state index in [2.05, 4.69) is 5.32 Å². The summed E-state index contributed by atoms with van der Waals surface area (Å²) in [5.41, 5.74) is 4.29. The molecule has 1 atom stereocenters. The maximum absolute atomic E-state index is 12.6. The Balaban J connectivity index is 3.20. The molecule has 0 aliphatic heterocycles. The van der Waals surface area contributed by atoms with Crippen LogP contribution in [0.4, 0.5) is 14.5 Å². The van der Waals surface area contributed by atoms with Crippen LogP contribution in [0.1, 0.15) is 20.3 Å². The van der Waals surface area contributed by atoms with Gasteiger partial charge in [0.2, 0.25) is 15.7 Å². The molecule has 20 heavy (non-hydrogen) atoms.